The Morgan fingerprint density at radius 2 is 2.20 bits per heavy atom. The van der Waals surface area contributed by atoms with Gasteiger partial charge in [0, 0.05) is 18.2 Å². The zero-order valence-electron chi connectivity index (χ0n) is 12.1. The van der Waals surface area contributed by atoms with Crippen LogP contribution in [-0.4, -0.2) is 32.1 Å². The molecule has 2 rings (SSSR count). The van der Waals surface area contributed by atoms with Crippen LogP contribution >= 0.6 is 11.8 Å². The van der Waals surface area contributed by atoms with Crippen molar-refractivity contribution >= 4 is 28.8 Å². The van der Waals surface area contributed by atoms with E-state index in [1.807, 2.05) is 11.8 Å². The lowest BCUT2D eigenvalue weighted by atomic mass is 10.2. The van der Waals surface area contributed by atoms with Crippen molar-refractivity contribution in [3.05, 3.63) is 29.6 Å². The number of rotatable bonds is 6. The molecule has 0 fully saturated rings. The van der Waals surface area contributed by atoms with Crippen LogP contribution in [0.25, 0.3) is 11.0 Å². The number of aromatic carboxylic acids is 1. The van der Waals surface area contributed by atoms with E-state index in [9.17, 15) is 4.79 Å². The quantitative estimate of drug-likeness (QED) is 0.883. The van der Waals surface area contributed by atoms with Crippen molar-refractivity contribution in [3.8, 4) is 0 Å². The number of carbonyl (C=O) groups is 1. The Labute approximate surface area is 123 Å². The maximum Gasteiger partial charge on any atom is 0.335 e. The van der Waals surface area contributed by atoms with Gasteiger partial charge in [0.2, 0.25) is 0 Å². The highest BCUT2D eigenvalue weighted by Crippen LogP contribution is 2.25. The highest BCUT2D eigenvalue weighted by Gasteiger charge is 2.16. The minimum atomic E-state index is -0.895. The van der Waals surface area contributed by atoms with Crippen LogP contribution < -0.4 is 0 Å². The molecule has 0 aliphatic rings. The average Bonchev–Trinajstić information content (AvgIpc) is 2.82. The maximum absolute atomic E-state index is 11.1. The first kappa shape index (κ1) is 14.9. The predicted octanol–water partition coefficient (Wildman–Crippen LogP) is 3.61. The van der Waals surface area contributed by atoms with E-state index in [-0.39, 0.29) is 0 Å². The van der Waals surface area contributed by atoms with Gasteiger partial charge in [-0.15, -0.1) is 0 Å². The molecule has 1 aromatic heterocycles. The number of hydrogen-bond donors (Lipinski definition) is 1. The van der Waals surface area contributed by atoms with Crippen LogP contribution in [0.5, 0.6) is 0 Å². The summed E-state index contributed by atoms with van der Waals surface area (Å²) in [6, 6.07) is 5.46. The van der Waals surface area contributed by atoms with Crippen LogP contribution in [0.15, 0.2) is 18.2 Å². The molecule has 1 N–H and O–H groups in total. The SMILES string of the molecule is CCSCC(C)n1c(CC)nc2ccc(C(=O)O)cc21. The smallest absolute Gasteiger partial charge is 0.335 e. The second-order valence-corrected chi connectivity index (χ2v) is 6.09. The van der Waals surface area contributed by atoms with E-state index in [0.29, 0.717) is 11.6 Å². The molecule has 1 unspecified atom stereocenters. The molecule has 5 heteroatoms. The lowest BCUT2D eigenvalue weighted by molar-refractivity contribution is 0.0697. The first-order valence-corrected chi connectivity index (χ1v) is 8.05. The molecule has 0 aliphatic carbocycles. The topological polar surface area (TPSA) is 55.1 Å². The molecule has 0 spiro atoms. The summed E-state index contributed by atoms with van der Waals surface area (Å²) in [5.41, 5.74) is 2.11. The first-order chi connectivity index (χ1) is 9.58. The van der Waals surface area contributed by atoms with Gasteiger partial charge in [-0.25, -0.2) is 9.78 Å². The number of aryl methyl sites for hydroxylation is 1. The first-order valence-electron chi connectivity index (χ1n) is 6.90. The van der Waals surface area contributed by atoms with Crippen LogP contribution in [0, 0.1) is 0 Å². The highest BCUT2D eigenvalue weighted by molar-refractivity contribution is 7.99. The molecule has 4 nitrogen and oxygen atoms in total. The number of hydrogen-bond acceptors (Lipinski definition) is 3. The largest absolute Gasteiger partial charge is 0.478 e. The third-order valence-corrected chi connectivity index (χ3v) is 4.46. The zero-order chi connectivity index (χ0) is 14.7. The minimum absolute atomic E-state index is 0.309. The number of carboxylic acid groups (broad SMARTS) is 1. The Bertz CT molecular complexity index is 622. The lowest BCUT2D eigenvalue weighted by Gasteiger charge is -2.16. The molecule has 1 heterocycles. The van der Waals surface area contributed by atoms with Crippen molar-refractivity contribution in [1.82, 2.24) is 9.55 Å². The predicted molar refractivity (Wildman–Crippen MR) is 83.8 cm³/mol. The molecule has 0 saturated carbocycles. The second-order valence-electron chi connectivity index (χ2n) is 4.77. The van der Waals surface area contributed by atoms with E-state index in [2.05, 4.69) is 30.3 Å². The number of imidazole rings is 1. The van der Waals surface area contributed by atoms with Gasteiger partial charge >= 0.3 is 5.97 Å². The summed E-state index contributed by atoms with van der Waals surface area (Å²) in [7, 11) is 0. The molecule has 1 aromatic carbocycles. The molecule has 108 valence electrons. The van der Waals surface area contributed by atoms with Gasteiger partial charge in [0.1, 0.15) is 5.82 Å². The van der Waals surface area contributed by atoms with Crippen LogP contribution in [0.2, 0.25) is 0 Å². The van der Waals surface area contributed by atoms with Crippen molar-refractivity contribution < 1.29 is 9.90 Å². The van der Waals surface area contributed by atoms with Crippen LogP contribution in [0.1, 0.15) is 43.0 Å². The Balaban J connectivity index is 2.53. The van der Waals surface area contributed by atoms with E-state index in [1.54, 1.807) is 18.2 Å². The van der Waals surface area contributed by atoms with Gasteiger partial charge in [0.25, 0.3) is 0 Å². The Hall–Kier alpha value is -1.49. The van der Waals surface area contributed by atoms with E-state index in [0.717, 1.165) is 34.8 Å². The average molecular weight is 292 g/mol. The van der Waals surface area contributed by atoms with Crippen LogP contribution in [-0.2, 0) is 6.42 Å². The molecule has 0 aliphatic heterocycles. The van der Waals surface area contributed by atoms with Crippen molar-refractivity contribution in [2.75, 3.05) is 11.5 Å². The van der Waals surface area contributed by atoms with Gasteiger partial charge in [-0.2, -0.15) is 11.8 Å². The number of nitrogens with zero attached hydrogens (tertiary/aromatic N) is 2. The molecule has 0 amide bonds. The standard InChI is InChI=1S/C15H20N2O2S/c1-4-14-16-12-7-6-11(15(18)19)8-13(12)17(14)10(3)9-20-5-2/h6-8,10H,4-5,9H2,1-3H3,(H,18,19). The molecule has 1 atom stereocenters. The molecular weight excluding hydrogens is 272 g/mol. The van der Waals surface area contributed by atoms with Crippen molar-refractivity contribution in [2.24, 2.45) is 0 Å². The zero-order valence-corrected chi connectivity index (χ0v) is 12.9. The monoisotopic (exact) mass is 292 g/mol. The third-order valence-electron chi connectivity index (χ3n) is 3.33. The summed E-state index contributed by atoms with van der Waals surface area (Å²) in [4.78, 5) is 15.8. The lowest BCUT2D eigenvalue weighted by Crippen LogP contribution is -2.11. The van der Waals surface area contributed by atoms with Crippen molar-refractivity contribution in [1.29, 1.82) is 0 Å². The van der Waals surface area contributed by atoms with Crippen LogP contribution in [0.3, 0.4) is 0 Å². The number of thioether (sulfide) groups is 1. The third kappa shape index (κ3) is 2.82. The van der Waals surface area contributed by atoms with Gasteiger partial charge < -0.3 is 9.67 Å². The fourth-order valence-electron chi connectivity index (χ4n) is 2.38. The Morgan fingerprint density at radius 1 is 1.45 bits per heavy atom. The summed E-state index contributed by atoms with van der Waals surface area (Å²) in [6.07, 6.45) is 0.845. The van der Waals surface area contributed by atoms with E-state index in [1.165, 1.54) is 0 Å². The number of benzene rings is 1. The van der Waals surface area contributed by atoms with Gasteiger partial charge in [0.15, 0.2) is 0 Å². The summed E-state index contributed by atoms with van der Waals surface area (Å²) in [6.45, 7) is 6.39. The minimum Gasteiger partial charge on any atom is -0.478 e. The molecule has 0 radical (unpaired) electrons. The molecular formula is C15H20N2O2S. The molecule has 20 heavy (non-hydrogen) atoms. The molecule has 2 aromatic rings. The number of aromatic nitrogens is 2. The Morgan fingerprint density at radius 3 is 2.80 bits per heavy atom. The van der Waals surface area contributed by atoms with Gasteiger partial charge in [-0.05, 0) is 30.9 Å². The summed E-state index contributed by atoms with van der Waals surface area (Å²) in [5, 5.41) is 9.15. The number of fused-ring (bicyclic) bond motifs is 1. The Kier molecular flexibility index (Phi) is 4.70. The van der Waals surface area contributed by atoms with Crippen LogP contribution in [0.4, 0.5) is 0 Å². The van der Waals surface area contributed by atoms with Crippen molar-refractivity contribution in [2.45, 2.75) is 33.2 Å². The summed E-state index contributed by atoms with van der Waals surface area (Å²) >= 11 is 1.89. The normalized spacial score (nSPS) is 12.8. The number of carboxylic acids is 1. The second kappa shape index (κ2) is 6.31. The van der Waals surface area contributed by atoms with E-state index in [4.69, 9.17) is 5.11 Å². The summed E-state index contributed by atoms with van der Waals surface area (Å²) < 4.78 is 2.18. The van der Waals surface area contributed by atoms with E-state index >= 15 is 0 Å². The van der Waals surface area contributed by atoms with Gasteiger partial charge in [0.05, 0.1) is 16.6 Å². The molecule has 0 saturated heterocycles. The van der Waals surface area contributed by atoms with Crippen molar-refractivity contribution in [3.63, 3.8) is 0 Å². The maximum atomic E-state index is 11.1. The van der Waals surface area contributed by atoms with E-state index < -0.39 is 5.97 Å². The van der Waals surface area contributed by atoms with Gasteiger partial charge in [-0.1, -0.05) is 13.8 Å². The highest BCUT2D eigenvalue weighted by atomic mass is 32.2. The molecule has 0 bridgehead atoms. The fraction of sp³-hybridized carbons (Fsp3) is 0.467. The fourth-order valence-corrected chi connectivity index (χ4v) is 3.11. The summed E-state index contributed by atoms with van der Waals surface area (Å²) in [5.74, 6) is 2.21. The van der Waals surface area contributed by atoms with Gasteiger partial charge in [-0.3, -0.25) is 0 Å².